The van der Waals surface area contributed by atoms with Gasteiger partial charge >= 0.3 is 0 Å². The van der Waals surface area contributed by atoms with Crippen LogP contribution in [0.25, 0.3) is 0 Å². The third-order valence-corrected chi connectivity index (χ3v) is 4.59. The van der Waals surface area contributed by atoms with Gasteiger partial charge in [-0.3, -0.25) is 14.9 Å². The maximum absolute atomic E-state index is 12.6. The molecule has 1 aliphatic carbocycles. The van der Waals surface area contributed by atoms with Crippen molar-refractivity contribution < 1.29 is 14.5 Å². The molecule has 2 aromatic rings. The number of anilines is 1. The van der Waals surface area contributed by atoms with Crippen LogP contribution in [-0.4, -0.2) is 24.0 Å². The highest BCUT2D eigenvalue weighted by molar-refractivity contribution is 5.96. The summed E-state index contributed by atoms with van der Waals surface area (Å²) in [5.74, 6) is 0.315. The summed E-state index contributed by atoms with van der Waals surface area (Å²) in [5.41, 5.74) is 2.52. The largest absolute Gasteiger partial charge is 0.496 e. The zero-order valence-corrected chi connectivity index (χ0v) is 15.6. The molecule has 0 radical (unpaired) electrons. The second-order valence-electron chi connectivity index (χ2n) is 6.85. The monoisotopic (exact) mass is 369 g/mol. The Bertz CT molecular complexity index is 878. The molecule has 1 amide bonds. The average molecular weight is 369 g/mol. The molecule has 1 fully saturated rings. The number of ether oxygens (including phenoxy) is 1. The van der Waals surface area contributed by atoms with Gasteiger partial charge < -0.3 is 15.4 Å². The van der Waals surface area contributed by atoms with Crippen molar-refractivity contribution in [2.45, 2.75) is 38.8 Å². The molecule has 2 N–H and O–H groups in total. The van der Waals surface area contributed by atoms with E-state index in [4.69, 9.17) is 4.74 Å². The second kappa shape index (κ2) is 7.65. The Morgan fingerprint density at radius 2 is 2.00 bits per heavy atom. The number of carbonyl (C=O) groups excluding carboxylic acids is 1. The third-order valence-electron chi connectivity index (χ3n) is 4.59. The van der Waals surface area contributed by atoms with Crippen LogP contribution in [0.4, 0.5) is 11.4 Å². The van der Waals surface area contributed by atoms with Crippen molar-refractivity contribution in [3.05, 3.63) is 63.2 Å². The normalized spacial score (nSPS) is 14.3. The number of aryl methyl sites for hydroxylation is 1. The number of hydrogen-bond donors (Lipinski definition) is 2. The van der Waals surface area contributed by atoms with Gasteiger partial charge in [-0.05, 0) is 44.9 Å². The van der Waals surface area contributed by atoms with Crippen LogP contribution in [0, 0.1) is 17.0 Å². The molecule has 1 atom stereocenters. The molecule has 7 nitrogen and oxygen atoms in total. The predicted octanol–water partition coefficient (Wildman–Crippen LogP) is 3.98. The Morgan fingerprint density at radius 1 is 1.26 bits per heavy atom. The Morgan fingerprint density at radius 3 is 2.63 bits per heavy atom. The van der Waals surface area contributed by atoms with Crippen molar-refractivity contribution in [2.75, 3.05) is 12.4 Å². The fourth-order valence-electron chi connectivity index (χ4n) is 2.94. The van der Waals surface area contributed by atoms with Crippen molar-refractivity contribution in [3.8, 4) is 5.75 Å². The summed E-state index contributed by atoms with van der Waals surface area (Å²) >= 11 is 0. The number of amides is 1. The van der Waals surface area contributed by atoms with Crippen molar-refractivity contribution in [1.82, 2.24) is 5.32 Å². The highest BCUT2D eigenvalue weighted by Crippen LogP contribution is 2.32. The standard InChI is InChI=1S/C20H23N3O4/c1-12-4-9-19(27-3)16(10-12)13(2)21-20(24)14-5-8-17(22-15-6-7-15)18(11-14)23(25)26/h4-5,8-11,13,15,22H,6-7H2,1-3H3,(H,21,24). The van der Waals surface area contributed by atoms with E-state index in [0.717, 1.165) is 24.0 Å². The highest BCUT2D eigenvalue weighted by Gasteiger charge is 2.26. The lowest BCUT2D eigenvalue weighted by atomic mass is 10.0. The van der Waals surface area contributed by atoms with Crippen molar-refractivity contribution in [2.24, 2.45) is 0 Å². The van der Waals surface area contributed by atoms with E-state index in [2.05, 4.69) is 10.6 Å². The molecular formula is C20H23N3O4. The number of hydrogen-bond acceptors (Lipinski definition) is 5. The third kappa shape index (κ3) is 4.36. The highest BCUT2D eigenvalue weighted by atomic mass is 16.6. The van der Waals surface area contributed by atoms with Crippen molar-refractivity contribution in [1.29, 1.82) is 0 Å². The van der Waals surface area contributed by atoms with E-state index in [-0.39, 0.29) is 29.2 Å². The van der Waals surface area contributed by atoms with Crippen LogP contribution >= 0.6 is 0 Å². The van der Waals surface area contributed by atoms with Gasteiger partial charge in [0.2, 0.25) is 0 Å². The molecule has 1 saturated carbocycles. The van der Waals surface area contributed by atoms with Gasteiger partial charge in [0.15, 0.2) is 0 Å². The molecule has 1 unspecified atom stereocenters. The van der Waals surface area contributed by atoms with E-state index in [1.165, 1.54) is 6.07 Å². The van der Waals surface area contributed by atoms with E-state index in [0.29, 0.717) is 11.4 Å². The molecule has 7 heteroatoms. The van der Waals surface area contributed by atoms with Crippen LogP contribution in [0.3, 0.4) is 0 Å². The summed E-state index contributed by atoms with van der Waals surface area (Å²) in [4.78, 5) is 23.6. The van der Waals surface area contributed by atoms with Gasteiger partial charge in [-0.15, -0.1) is 0 Å². The number of nitrogens with zero attached hydrogens (tertiary/aromatic N) is 1. The first-order chi connectivity index (χ1) is 12.9. The molecule has 2 aromatic carbocycles. The average Bonchev–Trinajstić information content (AvgIpc) is 3.45. The second-order valence-corrected chi connectivity index (χ2v) is 6.85. The number of nitrogens with one attached hydrogen (secondary N) is 2. The Hall–Kier alpha value is -3.09. The number of methoxy groups -OCH3 is 1. The minimum absolute atomic E-state index is 0.0876. The molecular weight excluding hydrogens is 346 g/mol. The van der Waals surface area contributed by atoms with E-state index in [9.17, 15) is 14.9 Å². The van der Waals surface area contributed by atoms with Gasteiger partial charge in [0.1, 0.15) is 11.4 Å². The van der Waals surface area contributed by atoms with Crippen LogP contribution in [0.2, 0.25) is 0 Å². The molecule has 142 valence electrons. The smallest absolute Gasteiger partial charge is 0.293 e. The summed E-state index contributed by atoms with van der Waals surface area (Å²) < 4.78 is 5.37. The lowest BCUT2D eigenvalue weighted by Gasteiger charge is -2.18. The molecule has 3 rings (SSSR count). The van der Waals surface area contributed by atoms with Crippen LogP contribution in [0.5, 0.6) is 5.75 Å². The Labute approximate surface area is 157 Å². The van der Waals surface area contributed by atoms with E-state index < -0.39 is 4.92 Å². The van der Waals surface area contributed by atoms with Crippen LogP contribution in [0.15, 0.2) is 36.4 Å². The first-order valence-electron chi connectivity index (χ1n) is 8.89. The molecule has 0 spiro atoms. The minimum Gasteiger partial charge on any atom is -0.496 e. The molecule has 27 heavy (non-hydrogen) atoms. The van der Waals surface area contributed by atoms with E-state index in [1.54, 1.807) is 19.2 Å². The number of carbonyl (C=O) groups is 1. The number of rotatable bonds is 7. The zero-order valence-electron chi connectivity index (χ0n) is 15.6. The van der Waals surface area contributed by atoms with Gasteiger partial charge in [-0.1, -0.05) is 17.7 Å². The van der Waals surface area contributed by atoms with Gasteiger partial charge in [0, 0.05) is 23.2 Å². The molecule has 0 saturated heterocycles. The Kier molecular flexibility index (Phi) is 5.30. The number of nitro groups is 1. The van der Waals surface area contributed by atoms with Gasteiger partial charge in [0.05, 0.1) is 18.1 Å². The fraction of sp³-hybridized carbons (Fsp3) is 0.350. The van der Waals surface area contributed by atoms with Crippen LogP contribution in [0.1, 0.15) is 47.3 Å². The lowest BCUT2D eigenvalue weighted by Crippen LogP contribution is -2.27. The first-order valence-corrected chi connectivity index (χ1v) is 8.89. The molecule has 0 bridgehead atoms. The maximum atomic E-state index is 12.6. The Balaban J connectivity index is 1.80. The predicted molar refractivity (Wildman–Crippen MR) is 103 cm³/mol. The first kappa shape index (κ1) is 18.7. The summed E-state index contributed by atoms with van der Waals surface area (Å²) in [6, 6.07) is 10.3. The van der Waals surface area contributed by atoms with Gasteiger partial charge in [0.25, 0.3) is 11.6 Å². The quantitative estimate of drug-likeness (QED) is 0.569. The molecule has 1 aliphatic rings. The summed E-state index contributed by atoms with van der Waals surface area (Å²) in [7, 11) is 1.58. The summed E-state index contributed by atoms with van der Waals surface area (Å²) in [6.45, 7) is 3.82. The van der Waals surface area contributed by atoms with Crippen LogP contribution < -0.4 is 15.4 Å². The molecule has 0 aliphatic heterocycles. The topological polar surface area (TPSA) is 93.5 Å². The van der Waals surface area contributed by atoms with Gasteiger partial charge in [-0.25, -0.2) is 0 Å². The number of benzene rings is 2. The minimum atomic E-state index is -0.464. The van der Waals surface area contributed by atoms with Crippen molar-refractivity contribution in [3.63, 3.8) is 0 Å². The molecule has 0 aromatic heterocycles. The number of nitro benzene ring substituents is 1. The summed E-state index contributed by atoms with van der Waals surface area (Å²) in [6.07, 6.45) is 2.02. The summed E-state index contributed by atoms with van der Waals surface area (Å²) in [5, 5.41) is 17.4. The SMILES string of the molecule is COc1ccc(C)cc1C(C)NC(=O)c1ccc(NC2CC2)c([N+](=O)[O-])c1. The lowest BCUT2D eigenvalue weighted by molar-refractivity contribution is -0.384. The van der Waals surface area contributed by atoms with E-state index in [1.807, 2.05) is 32.0 Å². The van der Waals surface area contributed by atoms with Crippen LogP contribution in [-0.2, 0) is 0 Å². The van der Waals surface area contributed by atoms with Gasteiger partial charge in [-0.2, -0.15) is 0 Å². The maximum Gasteiger partial charge on any atom is 0.293 e. The van der Waals surface area contributed by atoms with E-state index >= 15 is 0 Å². The molecule has 0 heterocycles. The van der Waals surface area contributed by atoms with Crippen molar-refractivity contribution >= 4 is 17.3 Å². The fourth-order valence-corrected chi connectivity index (χ4v) is 2.94. The zero-order chi connectivity index (χ0) is 19.6.